The molecule has 0 saturated carbocycles. The van der Waals surface area contributed by atoms with E-state index in [0.717, 1.165) is 0 Å². The molecule has 2 bridgehead atoms. The van der Waals surface area contributed by atoms with Crippen LogP contribution in [-0.2, 0) is 28.6 Å². The van der Waals surface area contributed by atoms with Crippen LogP contribution >= 0.6 is 0 Å². The predicted octanol–water partition coefficient (Wildman–Crippen LogP) is 2.55. The summed E-state index contributed by atoms with van der Waals surface area (Å²) in [6, 6.07) is 0. The predicted molar refractivity (Wildman–Crippen MR) is 92.8 cm³/mol. The molecule has 0 aliphatic carbocycles. The average molecular weight is 358 g/mol. The molecule has 3 aliphatic heterocycles. The van der Waals surface area contributed by atoms with Crippen LogP contribution in [-0.4, -0.2) is 35.5 Å². The quantitative estimate of drug-likeness (QED) is 0.558. The fraction of sp³-hybridized carbons (Fsp3) is 0.450. The van der Waals surface area contributed by atoms with Gasteiger partial charge in [0.1, 0.15) is 18.0 Å². The zero-order valence-electron chi connectivity index (χ0n) is 15.2. The van der Waals surface area contributed by atoms with Gasteiger partial charge in [0.15, 0.2) is 5.60 Å². The molecule has 4 atom stereocenters. The summed E-state index contributed by atoms with van der Waals surface area (Å²) in [5.74, 6) is -1.41. The lowest BCUT2D eigenvalue weighted by Crippen LogP contribution is -2.43. The van der Waals surface area contributed by atoms with Crippen LogP contribution in [0.2, 0.25) is 0 Å². The third kappa shape index (κ3) is 2.89. The van der Waals surface area contributed by atoms with Gasteiger partial charge in [0.2, 0.25) is 5.78 Å². The van der Waals surface area contributed by atoms with Gasteiger partial charge >= 0.3 is 11.9 Å². The SMILES string of the molecule is C=C1C[C@@H]2OC(=O)C(=C)[C@@H]2[C@H](OC(=O)/C(C)=C/C)C[C@@]2(C)OC1=CC2=O. The Kier molecular flexibility index (Phi) is 4.38. The molecule has 3 heterocycles. The molecule has 6 nitrogen and oxygen atoms in total. The van der Waals surface area contributed by atoms with Crippen molar-refractivity contribution in [2.45, 2.75) is 51.4 Å². The molecule has 26 heavy (non-hydrogen) atoms. The molecule has 0 unspecified atom stereocenters. The van der Waals surface area contributed by atoms with Crippen molar-refractivity contribution in [3.63, 3.8) is 0 Å². The molecular formula is C20H22O6. The van der Waals surface area contributed by atoms with Crippen LogP contribution in [0.4, 0.5) is 0 Å². The number of esters is 2. The Balaban J connectivity index is 2.02. The first-order chi connectivity index (χ1) is 12.2. The van der Waals surface area contributed by atoms with Gasteiger partial charge in [0, 0.05) is 30.1 Å². The van der Waals surface area contributed by atoms with Crippen molar-refractivity contribution in [3.8, 4) is 0 Å². The lowest BCUT2D eigenvalue weighted by Gasteiger charge is -2.31. The summed E-state index contributed by atoms with van der Waals surface area (Å²) < 4.78 is 17.0. The summed E-state index contributed by atoms with van der Waals surface area (Å²) in [6.45, 7) is 12.8. The smallest absolute Gasteiger partial charge is 0.334 e. The van der Waals surface area contributed by atoms with Crippen LogP contribution in [0.15, 0.2) is 47.8 Å². The van der Waals surface area contributed by atoms with E-state index in [-0.39, 0.29) is 24.2 Å². The van der Waals surface area contributed by atoms with Gasteiger partial charge in [-0.2, -0.15) is 0 Å². The normalized spacial score (nSPS) is 34.2. The molecule has 138 valence electrons. The van der Waals surface area contributed by atoms with Crippen LogP contribution in [0, 0.1) is 5.92 Å². The van der Waals surface area contributed by atoms with Crippen LogP contribution in [0.25, 0.3) is 0 Å². The summed E-state index contributed by atoms with van der Waals surface area (Å²) in [6.07, 6.45) is 2.08. The molecule has 2 fully saturated rings. The van der Waals surface area contributed by atoms with Gasteiger partial charge in [0.25, 0.3) is 0 Å². The van der Waals surface area contributed by atoms with Gasteiger partial charge in [0.05, 0.1) is 5.92 Å². The van der Waals surface area contributed by atoms with E-state index in [1.54, 1.807) is 26.8 Å². The van der Waals surface area contributed by atoms with Crippen molar-refractivity contribution < 1.29 is 28.6 Å². The number of fused-ring (bicyclic) bond motifs is 3. The van der Waals surface area contributed by atoms with E-state index in [0.29, 0.717) is 16.9 Å². The number of ether oxygens (including phenoxy) is 3. The molecule has 6 heteroatoms. The molecule has 2 saturated heterocycles. The minimum Gasteiger partial charge on any atom is -0.479 e. The molecule has 0 aromatic carbocycles. The zero-order chi connectivity index (χ0) is 19.2. The Bertz CT molecular complexity index is 786. The maximum absolute atomic E-state index is 12.5. The van der Waals surface area contributed by atoms with E-state index >= 15 is 0 Å². The number of hydrogen-bond acceptors (Lipinski definition) is 6. The summed E-state index contributed by atoms with van der Waals surface area (Å²) in [7, 11) is 0. The molecule has 0 N–H and O–H groups in total. The van der Waals surface area contributed by atoms with Crippen LogP contribution in [0.3, 0.4) is 0 Å². The number of rotatable bonds is 2. The molecular weight excluding hydrogens is 336 g/mol. The Morgan fingerprint density at radius 3 is 2.73 bits per heavy atom. The van der Waals surface area contributed by atoms with Crippen LogP contribution in [0.5, 0.6) is 0 Å². The Morgan fingerprint density at radius 1 is 1.38 bits per heavy atom. The van der Waals surface area contributed by atoms with Crippen LogP contribution in [0.1, 0.15) is 33.6 Å². The number of carbonyl (C=O) groups is 3. The Labute approximate surface area is 152 Å². The van der Waals surface area contributed by atoms with Gasteiger partial charge < -0.3 is 14.2 Å². The number of carbonyl (C=O) groups excluding carboxylic acids is 3. The van der Waals surface area contributed by atoms with Crippen molar-refractivity contribution in [2.24, 2.45) is 5.92 Å². The topological polar surface area (TPSA) is 78.9 Å². The standard InChI is InChI=1S/C20H22O6/c1-6-10(2)18(22)25-15-9-20(5)16(21)8-13(26-20)11(3)7-14-17(15)12(4)19(23)24-14/h6,8,14-15,17H,3-4,7,9H2,1-2,5H3/b10-6+/t14-,15+,17-,20+/m0/s1. The second-order valence-electron chi connectivity index (χ2n) is 7.13. The van der Waals surface area contributed by atoms with E-state index < -0.39 is 35.7 Å². The summed E-state index contributed by atoms with van der Waals surface area (Å²) in [4.78, 5) is 36.9. The molecule has 0 radical (unpaired) electrons. The zero-order valence-corrected chi connectivity index (χ0v) is 15.2. The first-order valence-corrected chi connectivity index (χ1v) is 8.53. The minimum absolute atomic E-state index is 0.0959. The van der Waals surface area contributed by atoms with Crippen molar-refractivity contribution >= 4 is 17.7 Å². The maximum Gasteiger partial charge on any atom is 0.334 e. The van der Waals surface area contributed by atoms with E-state index in [4.69, 9.17) is 14.2 Å². The Morgan fingerprint density at radius 2 is 2.08 bits per heavy atom. The van der Waals surface area contributed by atoms with E-state index in [2.05, 4.69) is 13.2 Å². The molecule has 3 aliphatic rings. The number of allylic oxidation sites excluding steroid dienone is 2. The number of hydrogen-bond donors (Lipinski definition) is 0. The second kappa shape index (κ2) is 6.27. The third-order valence-corrected chi connectivity index (χ3v) is 5.24. The number of ketones is 1. The monoisotopic (exact) mass is 358 g/mol. The van der Waals surface area contributed by atoms with Gasteiger partial charge in [-0.1, -0.05) is 19.2 Å². The second-order valence-corrected chi connectivity index (χ2v) is 7.13. The van der Waals surface area contributed by atoms with Crippen molar-refractivity contribution in [2.75, 3.05) is 0 Å². The average Bonchev–Trinajstić information content (AvgIpc) is 3.03. The summed E-state index contributed by atoms with van der Waals surface area (Å²) >= 11 is 0. The van der Waals surface area contributed by atoms with Gasteiger partial charge in [-0.15, -0.1) is 0 Å². The van der Waals surface area contributed by atoms with Crippen molar-refractivity contribution in [1.82, 2.24) is 0 Å². The van der Waals surface area contributed by atoms with Crippen molar-refractivity contribution in [1.29, 1.82) is 0 Å². The maximum atomic E-state index is 12.5. The third-order valence-electron chi connectivity index (χ3n) is 5.24. The first kappa shape index (κ1) is 18.2. The highest BCUT2D eigenvalue weighted by molar-refractivity contribution is 6.00. The van der Waals surface area contributed by atoms with Crippen LogP contribution < -0.4 is 0 Å². The van der Waals surface area contributed by atoms with Crippen molar-refractivity contribution in [3.05, 3.63) is 47.8 Å². The van der Waals surface area contributed by atoms with Gasteiger partial charge in [-0.05, 0) is 26.3 Å². The van der Waals surface area contributed by atoms with E-state index in [1.807, 2.05) is 0 Å². The molecule has 3 rings (SSSR count). The summed E-state index contributed by atoms with van der Waals surface area (Å²) in [5.41, 5.74) is 0.0514. The lowest BCUT2D eigenvalue weighted by atomic mass is 9.81. The summed E-state index contributed by atoms with van der Waals surface area (Å²) in [5, 5.41) is 0. The highest BCUT2D eigenvalue weighted by Gasteiger charge is 2.52. The fourth-order valence-corrected chi connectivity index (χ4v) is 3.51. The van der Waals surface area contributed by atoms with E-state index in [9.17, 15) is 14.4 Å². The largest absolute Gasteiger partial charge is 0.479 e. The highest BCUT2D eigenvalue weighted by Crippen LogP contribution is 2.44. The minimum atomic E-state index is -1.19. The fourth-order valence-electron chi connectivity index (χ4n) is 3.51. The van der Waals surface area contributed by atoms with Gasteiger partial charge in [-0.25, -0.2) is 9.59 Å². The lowest BCUT2D eigenvalue weighted by molar-refractivity contribution is -0.153. The molecule has 0 aromatic rings. The van der Waals surface area contributed by atoms with E-state index in [1.165, 1.54) is 6.08 Å². The molecule has 0 spiro atoms. The first-order valence-electron chi connectivity index (χ1n) is 8.53. The van der Waals surface area contributed by atoms with Gasteiger partial charge in [-0.3, -0.25) is 4.79 Å². The molecule has 0 amide bonds. The molecule has 0 aromatic heterocycles. The highest BCUT2D eigenvalue weighted by atomic mass is 16.6. The Hall–Kier alpha value is -2.63.